The van der Waals surface area contributed by atoms with Gasteiger partial charge in [-0.05, 0) is 67.3 Å². The standard InChI is InChI=1S/C30H25NO5/c1-16(2)36-29(35)18-12-14-19(15-13-18)31-27(33)25-24-20-8-4-6-10-22(20)30(17(3)32,26(25)28(31)34)23-11-7-5-9-21(23)24/h4-16,24-26H,1-3H3/t24?,25-,26+,30?/m1/s1. The van der Waals surface area contributed by atoms with Crippen LogP contribution in [0.1, 0.15) is 59.3 Å². The van der Waals surface area contributed by atoms with Crippen LogP contribution in [0.15, 0.2) is 72.8 Å². The van der Waals surface area contributed by atoms with E-state index in [0.717, 1.165) is 22.3 Å². The van der Waals surface area contributed by atoms with E-state index in [-0.39, 0.29) is 29.6 Å². The molecule has 1 saturated heterocycles. The first kappa shape index (κ1) is 22.4. The molecule has 6 heteroatoms. The van der Waals surface area contributed by atoms with Gasteiger partial charge in [-0.15, -0.1) is 0 Å². The molecule has 0 radical (unpaired) electrons. The van der Waals surface area contributed by atoms with Gasteiger partial charge in [0.2, 0.25) is 11.8 Å². The highest BCUT2D eigenvalue weighted by atomic mass is 16.5. The van der Waals surface area contributed by atoms with Crippen LogP contribution in [0.25, 0.3) is 0 Å². The van der Waals surface area contributed by atoms with Crippen molar-refractivity contribution in [3.63, 3.8) is 0 Å². The van der Waals surface area contributed by atoms with Crippen LogP contribution in [0.5, 0.6) is 0 Å². The highest BCUT2D eigenvalue weighted by Crippen LogP contribution is 2.64. The normalized spacial score (nSPS) is 25.4. The maximum Gasteiger partial charge on any atom is 0.338 e. The largest absolute Gasteiger partial charge is 0.459 e. The predicted octanol–water partition coefficient (Wildman–Crippen LogP) is 4.39. The zero-order valence-electron chi connectivity index (χ0n) is 20.2. The molecule has 2 amide bonds. The number of hydrogen-bond donors (Lipinski definition) is 0. The van der Waals surface area contributed by atoms with Crippen molar-refractivity contribution < 1.29 is 23.9 Å². The third-order valence-corrected chi connectivity index (χ3v) is 7.88. The lowest BCUT2D eigenvalue weighted by molar-refractivity contribution is -0.132. The molecule has 1 heterocycles. The quantitative estimate of drug-likeness (QED) is 0.410. The molecule has 1 fully saturated rings. The molecule has 2 bridgehead atoms. The monoisotopic (exact) mass is 479 g/mol. The van der Waals surface area contributed by atoms with Crippen molar-refractivity contribution in [2.45, 2.75) is 38.2 Å². The van der Waals surface area contributed by atoms with Gasteiger partial charge in [0.15, 0.2) is 0 Å². The molecule has 0 unspecified atom stereocenters. The fourth-order valence-electron chi connectivity index (χ4n) is 6.65. The van der Waals surface area contributed by atoms with Crippen molar-refractivity contribution in [1.82, 2.24) is 0 Å². The first-order valence-corrected chi connectivity index (χ1v) is 12.2. The summed E-state index contributed by atoms with van der Waals surface area (Å²) in [6, 6.07) is 21.7. The number of anilines is 1. The van der Waals surface area contributed by atoms with Gasteiger partial charge in [0.1, 0.15) is 5.78 Å². The number of rotatable bonds is 4. The van der Waals surface area contributed by atoms with E-state index >= 15 is 0 Å². The number of amides is 2. The van der Waals surface area contributed by atoms with Crippen molar-refractivity contribution in [1.29, 1.82) is 0 Å². The average Bonchev–Trinajstić information content (AvgIpc) is 3.14. The number of nitrogens with zero attached hydrogens (tertiary/aromatic N) is 1. The number of hydrogen-bond acceptors (Lipinski definition) is 5. The van der Waals surface area contributed by atoms with Crippen LogP contribution < -0.4 is 4.90 Å². The van der Waals surface area contributed by atoms with Crippen LogP contribution in [-0.2, 0) is 24.5 Å². The lowest BCUT2D eigenvalue weighted by atomic mass is 9.46. The van der Waals surface area contributed by atoms with E-state index in [9.17, 15) is 19.2 Å². The van der Waals surface area contributed by atoms with Crippen molar-refractivity contribution in [2.75, 3.05) is 4.90 Å². The Labute approximate surface area is 208 Å². The van der Waals surface area contributed by atoms with Gasteiger partial charge < -0.3 is 4.74 Å². The summed E-state index contributed by atoms with van der Waals surface area (Å²) in [6.45, 7) is 5.06. The minimum Gasteiger partial charge on any atom is -0.459 e. The topological polar surface area (TPSA) is 80.8 Å². The number of esters is 1. The summed E-state index contributed by atoms with van der Waals surface area (Å²) < 4.78 is 5.24. The van der Waals surface area contributed by atoms with Gasteiger partial charge in [-0.1, -0.05) is 48.5 Å². The van der Waals surface area contributed by atoms with E-state index in [2.05, 4.69) is 0 Å². The zero-order valence-corrected chi connectivity index (χ0v) is 20.2. The maximum atomic E-state index is 14.1. The van der Waals surface area contributed by atoms with Gasteiger partial charge in [0, 0.05) is 5.92 Å². The van der Waals surface area contributed by atoms with Crippen LogP contribution in [-0.4, -0.2) is 29.7 Å². The molecule has 7 rings (SSSR count). The number of ether oxygens (including phenoxy) is 1. The summed E-state index contributed by atoms with van der Waals surface area (Å²) in [5, 5.41) is 0. The number of ketones is 1. The van der Waals surface area contributed by atoms with E-state index < -0.39 is 23.2 Å². The molecule has 36 heavy (non-hydrogen) atoms. The Morgan fingerprint density at radius 1 is 0.833 bits per heavy atom. The number of Topliss-reactive ketones (excluding diaryl/α,β-unsaturated/α-hetero) is 1. The molecule has 3 aromatic carbocycles. The second-order valence-corrected chi connectivity index (χ2v) is 10.0. The zero-order chi connectivity index (χ0) is 25.4. The second kappa shape index (κ2) is 7.72. The molecule has 2 atom stereocenters. The Morgan fingerprint density at radius 2 is 1.39 bits per heavy atom. The molecule has 0 spiro atoms. The van der Waals surface area contributed by atoms with Crippen molar-refractivity contribution in [2.24, 2.45) is 11.8 Å². The lowest BCUT2D eigenvalue weighted by Crippen LogP contribution is -2.57. The number of carbonyl (C=O) groups excluding carboxylic acids is 4. The molecular formula is C30H25NO5. The first-order chi connectivity index (χ1) is 17.3. The van der Waals surface area contributed by atoms with Crippen LogP contribution in [0.2, 0.25) is 0 Å². The summed E-state index contributed by atoms with van der Waals surface area (Å²) in [6.07, 6.45) is -0.261. The summed E-state index contributed by atoms with van der Waals surface area (Å²) in [7, 11) is 0. The highest BCUT2D eigenvalue weighted by Gasteiger charge is 2.69. The van der Waals surface area contributed by atoms with E-state index in [1.165, 1.54) is 11.8 Å². The minimum atomic E-state index is -1.23. The molecule has 3 aliphatic carbocycles. The second-order valence-electron chi connectivity index (χ2n) is 10.0. The molecule has 0 N–H and O–H groups in total. The van der Waals surface area contributed by atoms with Crippen molar-refractivity contribution >= 4 is 29.3 Å². The lowest BCUT2D eigenvalue weighted by Gasteiger charge is -2.52. The first-order valence-electron chi connectivity index (χ1n) is 12.2. The third-order valence-electron chi connectivity index (χ3n) is 7.88. The van der Waals surface area contributed by atoms with Gasteiger partial charge >= 0.3 is 5.97 Å². The van der Waals surface area contributed by atoms with Crippen molar-refractivity contribution in [3.05, 3.63) is 101 Å². The Kier molecular flexibility index (Phi) is 4.80. The Morgan fingerprint density at radius 3 is 1.92 bits per heavy atom. The van der Waals surface area contributed by atoms with Crippen LogP contribution >= 0.6 is 0 Å². The average molecular weight is 480 g/mol. The molecule has 3 aromatic rings. The van der Waals surface area contributed by atoms with E-state index in [0.29, 0.717) is 11.3 Å². The molecule has 180 valence electrons. The van der Waals surface area contributed by atoms with E-state index in [4.69, 9.17) is 4.74 Å². The van der Waals surface area contributed by atoms with E-state index in [1.54, 1.807) is 38.1 Å². The number of benzene rings is 3. The third kappa shape index (κ3) is 2.72. The summed E-state index contributed by atoms with van der Waals surface area (Å²) in [4.78, 5) is 55.2. The number of imide groups is 1. The molecule has 0 saturated carbocycles. The summed E-state index contributed by atoms with van der Waals surface area (Å²) in [5.74, 6) is -3.15. The highest BCUT2D eigenvalue weighted by molar-refractivity contribution is 6.25. The maximum absolute atomic E-state index is 14.1. The van der Waals surface area contributed by atoms with Crippen LogP contribution in [0, 0.1) is 11.8 Å². The molecule has 0 aromatic heterocycles. The SMILES string of the molecule is CC(=O)C12c3ccccc3C(c3ccccc31)[C@H]1C(=O)N(c3ccc(C(=O)OC(C)C)cc3)C(=O)[C@H]12. The summed E-state index contributed by atoms with van der Waals surface area (Å²) in [5.41, 5.74) is 2.99. The van der Waals surface area contributed by atoms with Crippen LogP contribution in [0.4, 0.5) is 5.69 Å². The fraction of sp³-hybridized carbons (Fsp3) is 0.267. The molecular weight excluding hydrogens is 454 g/mol. The molecule has 6 nitrogen and oxygen atoms in total. The predicted molar refractivity (Wildman–Crippen MR) is 133 cm³/mol. The Bertz CT molecular complexity index is 1410. The molecule has 1 aliphatic heterocycles. The molecule has 4 aliphatic rings. The van der Waals surface area contributed by atoms with Gasteiger partial charge in [-0.25, -0.2) is 9.69 Å². The fourth-order valence-corrected chi connectivity index (χ4v) is 6.65. The minimum absolute atomic E-state index is 0.148. The smallest absolute Gasteiger partial charge is 0.338 e. The van der Waals surface area contributed by atoms with Crippen molar-refractivity contribution in [3.8, 4) is 0 Å². The summed E-state index contributed by atoms with van der Waals surface area (Å²) >= 11 is 0. The Balaban J connectivity index is 1.50. The van der Waals surface area contributed by atoms with Crippen LogP contribution in [0.3, 0.4) is 0 Å². The van der Waals surface area contributed by atoms with Gasteiger partial charge in [0.25, 0.3) is 0 Å². The van der Waals surface area contributed by atoms with Gasteiger partial charge in [-0.2, -0.15) is 0 Å². The van der Waals surface area contributed by atoms with Gasteiger partial charge in [0.05, 0.1) is 34.6 Å². The van der Waals surface area contributed by atoms with E-state index in [1.807, 2.05) is 48.5 Å². The Hall–Kier alpha value is -4.06. The van der Waals surface area contributed by atoms with Gasteiger partial charge in [-0.3, -0.25) is 14.4 Å². The number of carbonyl (C=O) groups is 4.